The highest BCUT2D eigenvalue weighted by Crippen LogP contribution is 2.33. The van der Waals surface area contributed by atoms with E-state index in [0.717, 1.165) is 11.3 Å². The second-order valence-corrected chi connectivity index (χ2v) is 8.68. The topological polar surface area (TPSA) is 97.1 Å². The average Bonchev–Trinajstić information content (AvgIpc) is 3.26. The van der Waals surface area contributed by atoms with Gasteiger partial charge in [-0.15, -0.1) is 0 Å². The number of benzene rings is 1. The molecule has 0 bridgehead atoms. The molecule has 11 heteroatoms. The van der Waals surface area contributed by atoms with Crippen LogP contribution in [-0.2, 0) is 0 Å². The number of hydrogen-bond donors (Lipinski definition) is 1. The molecule has 0 saturated carbocycles. The molecule has 0 radical (unpaired) electrons. The second kappa shape index (κ2) is 9.30. The maximum atomic E-state index is 12.0. The van der Waals surface area contributed by atoms with E-state index in [1.165, 1.54) is 0 Å². The van der Waals surface area contributed by atoms with Gasteiger partial charge in [-0.1, -0.05) is 17.7 Å². The summed E-state index contributed by atoms with van der Waals surface area (Å²) in [6.07, 6.45) is 5.13. The summed E-state index contributed by atoms with van der Waals surface area (Å²) >= 11 is 6.42. The van der Waals surface area contributed by atoms with Crippen molar-refractivity contribution in [2.24, 2.45) is 0 Å². The van der Waals surface area contributed by atoms with Gasteiger partial charge in [-0.25, -0.2) is 19.7 Å². The van der Waals surface area contributed by atoms with E-state index in [1.807, 2.05) is 40.9 Å². The molecule has 1 fully saturated rings. The Morgan fingerprint density at radius 2 is 2.00 bits per heavy atom. The molecule has 4 aromatic rings. The maximum absolute atomic E-state index is 12.0. The molecule has 1 aliphatic heterocycles. The molecular formula is C24H24ClN7O3. The Kier molecular flexibility index (Phi) is 6.04. The molecule has 4 heterocycles. The molecule has 1 aromatic carbocycles. The van der Waals surface area contributed by atoms with E-state index < -0.39 is 0 Å². The average molecular weight is 494 g/mol. The predicted molar refractivity (Wildman–Crippen MR) is 133 cm³/mol. The largest absolute Gasteiger partial charge is 0.494 e. The zero-order chi connectivity index (χ0) is 24.5. The van der Waals surface area contributed by atoms with Gasteiger partial charge >= 0.3 is 6.03 Å². The van der Waals surface area contributed by atoms with Gasteiger partial charge in [0.15, 0.2) is 0 Å². The molecular weight excluding hydrogens is 470 g/mol. The van der Waals surface area contributed by atoms with Crippen LogP contribution in [0.4, 0.5) is 16.4 Å². The van der Waals surface area contributed by atoms with E-state index in [1.54, 1.807) is 49.5 Å². The van der Waals surface area contributed by atoms with Crippen LogP contribution in [0.2, 0.25) is 5.02 Å². The lowest BCUT2D eigenvalue weighted by Crippen LogP contribution is -2.58. The number of methoxy groups -OCH3 is 1. The van der Waals surface area contributed by atoms with Crippen LogP contribution in [-0.4, -0.2) is 75.6 Å². The highest BCUT2D eigenvalue weighted by Gasteiger charge is 2.33. The molecule has 1 saturated heterocycles. The van der Waals surface area contributed by atoms with Gasteiger partial charge in [0.1, 0.15) is 28.9 Å². The minimum absolute atomic E-state index is 0.0201. The zero-order valence-electron chi connectivity index (χ0n) is 19.5. The van der Waals surface area contributed by atoms with Crippen LogP contribution in [0.25, 0.3) is 17.0 Å². The summed E-state index contributed by atoms with van der Waals surface area (Å²) in [7, 11) is 5.05. The summed E-state index contributed by atoms with van der Waals surface area (Å²) < 4.78 is 13.5. The van der Waals surface area contributed by atoms with Crippen molar-refractivity contribution >= 4 is 34.9 Å². The number of ether oxygens (including phenoxy) is 2. The number of pyridine rings is 1. The van der Waals surface area contributed by atoms with Gasteiger partial charge in [-0.2, -0.15) is 0 Å². The molecule has 0 atom stereocenters. The van der Waals surface area contributed by atoms with E-state index in [0.29, 0.717) is 46.9 Å². The van der Waals surface area contributed by atoms with Crippen molar-refractivity contribution in [3.8, 4) is 22.9 Å². The zero-order valence-corrected chi connectivity index (χ0v) is 20.2. The molecule has 2 amide bonds. The van der Waals surface area contributed by atoms with Gasteiger partial charge in [0.25, 0.3) is 0 Å². The second-order valence-electron chi connectivity index (χ2n) is 8.27. The molecule has 1 N–H and O–H groups in total. The normalized spacial score (nSPS) is 13.4. The standard InChI is InChI=1S/C24H24ClN7O3/c1-30(2)24(33)31-13-16(14-31)35-15-7-8-18(20(10-15)34-3)28-23-27-11-17(25)22(29-23)19-12-26-21-6-4-5-9-32(19)21/h4-12,16H,13-14H2,1-3H3,(H,27,28,29). The summed E-state index contributed by atoms with van der Waals surface area (Å²) in [5, 5.41) is 3.61. The number of hydrogen-bond acceptors (Lipinski definition) is 7. The van der Waals surface area contributed by atoms with E-state index >= 15 is 0 Å². The van der Waals surface area contributed by atoms with Gasteiger partial charge in [0, 0.05) is 26.4 Å². The van der Waals surface area contributed by atoms with E-state index in [4.69, 9.17) is 21.1 Å². The fraction of sp³-hybridized carbons (Fsp3) is 0.250. The number of carbonyl (C=O) groups excluding carboxylic acids is 1. The third-order valence-electron chi connectivity index (χ3n) is 5.63. The number of aromatic nitrogens is 4. The summed E-state index contributed by atoms with van der Waals surface area (Å²) in [6.45, 7) is 1.09. The van der Waals surface area contributed by atoms with Crippen LogP contribution in [0.15, 0.2) is 55.0 Å². The molecule has 180 valence electrons. The smallest absolute Gasteiger partial charge is 0.319 e. The third-order valence-corrected chi connectivity index (χ3v) is 5.90. The number of anilines is 2. The Morgan fingerprint density at radius 3 is 2.77 bits per heavy atom. The summed E-state index contributed by atoms with van der Waals surface area (Å²) in [4.78, 5) is 28.6. The Morgan fingerprint density at radius 1 is 1.17 bits per heavy atom. The van der Waals surface area contributed by atoms with Crippen LogP contribution >= 0.6 is 11.6 Å². The third kappa shape index (κ3) is 4.52. The number of amides is 2. The number of nitrogens with zero attached hydrogens (tertiary/aromatic N) is 6. The lowest BCUT2D eigenvalue weighted by Gasteiger charge is -2.40. The Labute approximate surface area is 207 Å². The summed E-state index contributed by atoms with van der Waals surface area (Å²) in [5.74, 6) is 1.58. The fourth-order valence-electron chi connectivity index (χ4n) is 3.83. The minimum Gasteiger partial charge on any atom is -0.494 e. The van der Waals surface area contributed by atoms with Crippen molar-refractivity contribution in [2.75, 3.05) is 39.6 Å². The molecule has 35 heavy (non-hydrogen) atoms. The number of carbonyl (C=O) groups is 1. The first-order valence-corrected chi connectivity index (χ1v) is 11.3. The van der Waals surface area contributed by atoms with Crippen molar-refractivity contribution < 1.29 is 14.3 Å². The van der Waals surface area contributed by atoms with Gasteiger partial charge in [0.05, 0.1) is 49.0 Å². The van der Waals surface area contributed by atoms with Crippen molar-refractivity contribution in [2.45, 2.75) is 6.10 Å². The first kappa shape index (κ1) is 22.7. The van der Waals surface area contributed by atoms with E-state index in [-0.39, 0.29) is 12.1 Å². The van der Waals surface area contributed by atoms with Gasteiger partial charge in [-0.05, 0) is 24.3 Å². The molecule has 3 aromatic heterocycles. The number of rotatable bonds is 6. The van der Waals surface area contributed by atoms with E-state index in [9.17, 15) is 4.79 Å². The summed E-state index contributed by atoms with van der Waals surface area (Å²) in [5.41, 5.74) is 2.78. The number of nitrogens with one attached hydrogen (secondary N) is 1. The highest BCUT2D eigenvalue weighted by atomic mass is 35.5. The number of imidazole rings is 1. The van der Waals surface area contributed by atoms with Crippen LogP contribution in [0.1, 0.15) is 0 Å². The monoisotopic (exact) mass is 493 g/mol. The van der Waals surface area contributed by atoms with Crippen molar-refractivity contribution in [3.05, 3.63) is 60.0 Å². The molecule has 10 nitrogen and oxygen atoms in total. The number of fused-ring (bicyclic) bond motifs is 1. The van der Waals surface area contributed by atoms with Gasteiger partial charge in [0.2, 0.25) is 5.95 Å². The van der Waals surface area contributed by atoms with Crippen LogP contribution in [0.3, 0.4) is 0 Å². The summed E-state index contributed by atoms with van der Waals surface area (Å²) in [6, 6.07) is 11.2. The first-order chi connectivity index (χ1) is 16.9. The first-order valence-electron chi connectivity index (χ1n) is 11.0. The highest BCUT2D eigenvalue weighted by molar-refractivity contribution is 6.32. The van der Waals surface area contributed by atoms with Crippen molar-refractivity contribution in [1.29, 1.82) is 0 Å². The lowest BCUT2D eigenvalue weighted by molar-refractivity contribution is 0.0355. The van der Waals surface area contributed by atoms with Gasteiger partial charge < -0.3 is 24.6 Å². The predicted octanol–water partition coefficient (Wildman–Crippen LogP) is 3.94. The molecule has 0 aliphatic carbocycles. The number of likely N-dealkylation sites (tertiary alicyclic amines) is 1. The lowest BCUT2D eigenvalue weighted by atomic mass is 10.2. The van der Waals surface area contributed by atoms with E-state index in [2.05, 4.69) is 20.3 Å². The molecule has 5 rings (SSSR count). The molecule has 0 unspecified atom stereocenters. The van der Waals surface area contributed by atoms with Crippen LogP contribution in [0, 0.1) is 0 Å². The van der Waals surface area contributed by atoms with Crippen molar-refractivity contribution in [1.82, 2.24) is 29.2 Å². The van der Waals surface area contributed by atoms with Crippen LogP contribution < -0.4 is 14.8 Å². The SMILES string of the molecule is COc1cc(OC2CN(C(=O)N(C)C)C2)ccc1Nc1ncc(Cl)c(-c2cnc3ccccn23)n1. The Bertz CT molecular complexity index is 1380. The minimum atomic E-state index is -0.0601. The van der Waals surface area contributed by atoms with Crippen molar-refractivity contribution in [3.63, 3.8) is 0 Å². The van der Waals surface area contributed by atoms with Gasteiger partial charge in [-0.3, -0.25) is 4.40 Å². The Balaban J connectivity index is 1.32. The van der Waals surface area contributed by atoms with Crippen LogP contribution in [0.5, 0.6) is 11.5 Å². The fourth-order valence-corrected chi connectivity index (χ4v) is 4.02. The molecule has 0 spiro atoms. The quantitative estimate of drug-likeness (QED) is 0.434. The number of halogens is 1. The number of urea groups is 1. The maximum Gasteiger partial charge on any atom is 0.319 e. The Hall–Kier alpha value is -4.05. The molecule has 1 aliphatic rings.